The quantitative estimate of drug-likeness (QED) is 0.709. The summed E-state index contributed by atoms with van der Waals surface area (Å²) in [7, 11) is 1.93. The minimum Gasteiger partial charge on any atom is -0.342 e. The molecule has 0 aromatic carbocycles. The highest BCUT2D eigenvalue weighted by molar-refractivity contribution is 5.77. The largest absolute Gasteiger partial charge is 0.342 e. The van der Waals surface area contributed by atoms with Crippen molar-refractivity contribution in [1.82, 2.24) is 10.2 Å². The van der Waals surface area contributed by atoms with E-state index in [9.17, 15) is 4.79 Å². The second-order valence-electron chi connectivity index (χ2n) is 4.76. The number of piperidine rings is 1. The van der Waals surface area contributed by atoms with Gasteiger partial charge in [-0.1, -0.05) is 6.08 Å². The summed E-state index contributed by atoms with van der Waals surface area (Å²) in [5.74, 6) is 0.205. The van der Waals surface area contributed by atoms with Gasteiger partial charge in [-0.3, -0.25) is 4.79 Å². The molecule has 2 bridgehead atoms. The predicted molar refractivity (Wildman–Crippen MR) is 60.6 cm³/mol. The third kappa shape index (κ3) is 2.23. The van der Waals surface area contributed by atoms with Crippen molar-refractivity contribution in [1.29, 1.82) is 0 Å². The van der Waals surface area contributed by atoms with Gasteiger partial charge in [-0.05, 0) is 25.7 Å². The molecular weight excluding hydrogens is 188 g/mol. The van der Waals surface area contributed by atoms with Crippen molar-refractivity contribution >= 4 is 5.91 Å². The highest BCUT2D eigenvalue weighted by atomic mass is 16.2. The number of carbonyl (C=O) groups excluding carboxylic acids is 1. The Morgan fingerprint density at radius 2 is 2.07 bits per heavy atom. The molecule has 0 aromatic rings. The number of rotatable bonds is 3. The third-order valence-electron chi connectivity index (χ3n) is 3.71. The summed E-state index contributed by atoms with van der Waals surface area (Å²) >= 11 is 0. The van der Waals surface area contributed by atoms with Crippen LogP contribution in [-0.4, -0.2) is 36.0 Å². The number of nitrogens with one attached hydrogen (secondary N) is 1. The van der Waals surface area contributed by atoms with Gasteiger partial charge in [0.25, 0.3) is 0 Å². The van der Waals surface area contributed by atoms with Gasteiger partial charge in [0.2, 0.25) is 5.91 Å². The Morgan fingerprint density at radius 1 is 1.47 bits per heavy atom. The van der Waals surface area contributed by atoms with E-state index in [-0.39, 0.29) is 5.91 Å². The van der Waals surface area contributed by atoms with Gasteiger partial charge in [0.1, 0.15) is 0 Å². The van der Waals surface area contributed by atoms with Gasteiger partial charge in [0.15, 0.2) is 0 Å². The van der Waals surface area contributed by atoms with Crippen LogP contribution in [0.5, 0.6) is 0 Å². The van der Waals surface area contributed by atoms with Gasteiger partial charge in [-0.25, -0.2) is 0 Å². The van der Waals surface area contributed by atoms with Crippen molar-refractivity contribution in [3.05, 3.63) is 12.7 Å². The highest BCUT2D eigenvalue weighted by Gasteiger charge is 2.35. The average Bonchev–Trinajstić information content (AvgIpc) is 2.57. The molecule has 0 radical (unpaired) electrons. The van der Waals surface area contributed by atoms with E-state index in [0.29, 0.717) is 24.5 Å². The Bertz CT molecular complexity index is 252. The molecule has 0 saturated carbocycles. The minimum absolute atomic E-state index is 0.205. The van der Waals surface area contributed by atoms with Crippen LogP contribution in [0.1, 0.15) is 32.1 Å². The lowest BCUT2D eigenvalue weighted by atomic mass is 9.98. The Hall–Kier alpha value is -0.830. The standard InChI is InChI=1S/C12H20N2O/c1-3-4-12(15)14(2)11-7-9-5-6-10(8-11)13-9/h3,9-11,13H,1,4-8H2,2H3. The van der Waals surface area contributed by atoms with Crippen molar-refractivity contribution in [2.24, 2.45) is 0 Å². The molecule has 0 spiro atoms. The number of amides is 1. The molecule has 3 heteroatoms. The van der Waals surface area contributed by atoms with Crippen LogP contribution in [0, 0.1) is 0 Å². The van der Waals surface area contributed by atoms with Gasteiger partial charge in [-0.2, -0.15) is 0 Å². The molecule has 2 unspecified atom stereocenters. The number of nitrogens with zero attached hydrogens (tertiary/aromatic N) is 1. The summed E-state index contributed by atoms with van der Waals surface area (Å²) in [5, 5.41) is 3.59. The van der Waals surface area contributed by atoms with Crippen molar-refractivity contribution in [3.8, 4) is 0 Å². The summed E-state index contributed by atoms with van der Waals surface area (Å²) < 4.78 is 0. The second kappa shape index (κ2) is 4.35. The zero-order valence-corrected chi connectivity index (χ0v) is 9.41. The first-order valence-electron chi connectivity index (χ1n) is 5.83. The first-order chi connectivity index (χ1) is 7.20. The van der Waals surface area contributed by atoms with Crippen molar-refractivity contribution < 1.29 is 4.79 Å². The molecule has 2 aliphatic heterocycles. The molecule has 2 aliphatic rings. The molecule has 2 rings (SSSR count). The molecule has 0 aliphatic carbocycles. The molecule has 2 heterocycles. The van der Waals surface area contributed by atoms with Crippen LogP contribution in [0.25, 0.3) is 0 Å². The van der Waals surface area contributed by atoms with Crippen molar-refractivity contribution in [2.75, 3.05) is 7.05 Å². The lowest BCUT2D eigenvalue weighted by Gasteiger charge is -2.35. The second-order valence-corrected chi connectivity index (χ2v) is 4.76. The Labute approximate surface area is 91.5 Å². The molecular formula is C12H20N2O. The van der Waals surface area contributed by atoms with Gasteiger partial charge >= 0.3 is 0 Å². The van der Waals surface area contributed by atoms with Crippen LogP contribution in [0.4, 0.5) is 0 Å². The Balaban J connectivity index is 1.93. The maximum Gasteiger partial charge on any atom is 0.226 e. The topological polar surface area (TPSA) is 32.3 Å². The fraction of sp³-hybridized carbons (Fsp3) is 0.750. The number of hydrogen-bond donors (Lipinski definition) is 1. The number of fused-ring (bicyclic) bond motifs is 2. The lowest BCUT2D eigenvalue weighted by Crippen LogP contribution is -2.48. The van der Waals surface area contributed by atoms with Gasteiger partial charge in [-0.15, -0.1) is 6.58 Å². The van der Waals surface area contributed by atoms with E-state index in [1.54, 1.807) is 6.08 Å². The molecule has 2 saturated heterocycles. The van der Waals surface area contributed by atoms with Crippen LogP contribution in [0.2, 0.25) is 0 Å². The SMILES string of the molecule is C=CCC(=O)N(C)C1CC2CCC(C1)N2. The smallest absolute Gasteiger partial charge is 0.226 e. The highest BCUT2D eigenvalue weighted by Crippen LogP contribution is 2.29. The summed E-state index contributed by atoms with van der Waals surface area (Å²) in [6, 6.07) is 1.73. The van der Waals surface area contributed by atoms with Crippen LogP contribution in [-0.2, 0) is 4.79 Å². The van der Waals surface area contributed by atoms with Crippen LogP contribution in [0.15, 0.2) is 12.7 Å². The van der Waals surface area contributed by atoms with Gasteiger partial charge in [0.05, 0.1) is 0 Å². The first-order valence-corrected chi connectivity index (χ1v) is 5.83. The van der Waals surface area contributed by atoms with E-state index in [1.165, 1.54) is 12.8 Å². The van der Waals surface area contributed by atoms with E-state index in [0.717, 1.165) is 12.8 Å². The fourth-order valence-corrected chi connectivity index (χ4v) is 2.81. The maximum atomic E-state index is 11.7. The molecule has 1 N–H and O–H groups in total. The first kappa shape index (κ1) is 10.7. The predicted octanol–water partition coefficient (Wildman–Crippen LogP) is 1.30. The van der Waals surface area contributed by atoms with Crippen LogP contribution < -0.4 is 5.32 Å². The summed E-state index contributed by atoms with van der Waals surface area (Å²) in [5.41, 5.74) is 0. The molecule has 84 valence electrons. The van der Waals surface area contributed by atoms with E-state index in [4.69, 9.17) is 0 Å². The zero-order valence-electron chi connectivity index (χ0n) is 9.41. The fourth-order valence-electron chi connectivity index (χ4n) is 2.81. The molecule has 2 fully saturated rings. The monoisotopic (exact) mass is 208 g/mol. The zero-order chi connectivity index (χ0) is 10.8. The summed E-state index contributed by atoms with van der Waals surface area (Å²) in [6.45, 7) is 3.61. The molecule has 3 nitrogen and oxygen atoms in total. The number of carbonyl (C=O) groups is 1. The third-order valence-corrected chi connectivity index (χ3v) is 3.71. The van der Waals surface area contributed by atoms with E-state index >= 15 is 0 Å². The molecule has 15 heavy (non-hydrogen) atoms. The summed E-state index contributed by atoms with van der Waals surface area (Å²) in [4.78, 5) is 13.6. The van der Waals surface area contributed by atoms with E-state index in [1.807, 2.05) is 11.9 Å². The number of hydrogen-bond acceptors (Lipinski definition) is 2. The van der Waals surface area contributed by atoms with Gasteiger partial charge < -0.3 is 10.2 Å². The normalized spacial score (nSPS) is 33.8. The van der Waals surface area contributed by atoms with Crippen molar-refractivity contribution in [3.63, 3.8) is 0 Å². The van der Waals surface area contributed by atoms with Crippen LogP contribution >= 0.6 is 0 Å². The van der Waals surface area contributed by atoms with E-state index in [2.05, 4.69) is 11.9 Å². The molecule has 2 atom stereocenters. The Morgan fingerprint density at radius 3 is 2.60 bits per heavy atom. The van der Waals surface area contributed by atoms with E-state index < -0.39 is 0 Å². The minimum atomic E-state index is 0.205. The molecule has 1 amide bonds. The summed E-state index contributed by atoms with van der Waals surface area (Å²) in [6.07, 6.45) is 6.96. The molecule has 0 aromatic heterocycles. The Kier molecular flexibility index (Phi) is 3.10. The average molecular weight is 208 g/mol. The van der Waals surface area contributed by atoms with Crippen molar-refractivity contribution in [2.45, 2.75) is 50.2 Å². The van der Waals surface area contributed by atoms with Crippen LogP contribution in [0.3, 0.4) is 0 Å². The lowest BCUT2D eigenvalue weighted by molar-refractivity contribution is -0.131. The maximum absolute atomic E-state index is 11.7. The van der Waals surface area contributed by atoms with Gasteiger partial charge in [0, 0.05) is 31.6 Å².